The minimum atomic E-state index is -3.72. The maximum absolute atomic E-state index is 12.2. The van der Waals surface area contributed by atoms with E-state index in [1.54, 1.807) is 37.3 Å². The topological polar surface area (TPSA) is 69.7 Å². The molecular weight excluding hydrogens is 356 g/mol. The van der Waals surface area contributed by atoms with Gasteiger partial charge in [-0.25, -0.2) is 0 Å². The van der Waals surface area contributed by atoms with E-state index in [1.165, 1.54) is 0 Å². The Bertz CT molecular complexity index is 749. The number of hydrogen-bond acceptors (Lipinski definition) is 5. The number of allylic oxidation sites excluding steroid dienone is 1. The van der Waals surface area contributed by atoms with Crippen LogP contribution in [0.25, 0.3) is 0 Å². The quantitative estimate of drug-likeness (QED) is 0.389. The summed E-state index contributed by atoms with van der Waals surface area (Å²) in [5.74, 6) is -0.207. The van der Waals surface area contributed by atoms with Gasteiger partial charge in [-0.1, -0.05) is 50.0 Å². The first kappa shape index (κ1) is 19.7. The average molecular weight is 383 g/mol. The molecule has 0 heterocycles. The summed E-state index contributed by atoms with van der Waals surface area (Å²) in [6.07, 6.45) is 1.79. The Morgan fingerprint density at radius 3 is 2.36 bits per heavy atom. The summed E-state index contributed by atoms with van der Waals surface area (Å²) in [7, 11) is -4.98. The van der Waals surface area contributed by atoms with Gasteiger partial charge in [0.25, 0.3) is 0 Å². The number of carbonyl (C=O) groups excluding carboxylic acids is 1. The molecule has 0 fully saturated rings. The maximum atomic E-state index is 12.2. The minimum absolute atomic E-state index is 0.192. The highest BCUT2D eigenvalue weighted by Crippen LogP contribution is 2.41. The molecule has 0 spiro atoms. The Labute approximate surface area is 151 Å². The molecule has 138 valence electrons. The van der Waals surface area contributed by atoms with Gasteiger partial charge in [-0.3, -0.25) is 4.79 Å². The lowest BCUT2D eigenvalue weighted by Gasteiger charge is -2.33. The van der Waals surface area contributed by atoms with Crippen molar-refractivity contribution in [2.24, 2.45) is 5.41 Å². The summed E-state index contributed by atoms with van der Waals surface area (Å²) in [5, 5.41) is 0. The van der Waals surface area contributed by atoms with Gasteiger partial charge in [-0.15, -0.1) is 0 Å². The van der Waals surface area contributed by atoms with Crippen molar-refractivity contribution in [3.8, 4) is 0 Å². The molecular formula is C18H26O5SSi. The smallest absolute Gasteiger partial charge is 0.316 e. The third-order valence-electron chi connectivity index (χ3n) is 3.99. The van der Waals surface area contributed by atoms with Crippen LogP contribution in [0.1, 0.15) is 18.9 Å². The molecule has 0 saturated carbocycles. The van der Waals surface area contributed by atoms with E-state index in [0.717, 1.165) is 6.04 Å². The van der Waals surface area contributed by atoms with Crippen LogP contribution in [0.4, 0.5) is 0 Å². The Hall–Kier alpha value is -1.60. The van der Waals surface area contributed by atoms with Crippen LogP contribution in [-0.4, -0.2) is 29.1 Å². The fourth-order valence-electron chi connectivity index (χ4n) is 2.46. The highest BCUT2D eigenvalue weighted by Gasteiger charge is 2.43. The van der Waals surface area contributed by atoms with Gasteiger partial charge in [0, 0.05) is 14.5 Å². The van der Waals surface area contributed by atoms with Gasteiger partial charge < -0.3 is 8.92 Å². The molecule has 0 N–H and O–H groups in total. The van der Waals surface area contributed by atoms with Crippen molar-refractivity contribution in [3.05, 3.63) is 47.7 Å². The molecule has 1 aliphatic carbocycles. The second-order valence-electron chi connectivity index (χ2n) is 7.92. The minimum Gasteiger partial charge on any atom is -0.465 e. The lowest BCUT2D eigenvalue weighted by atomic mass is 9.77. The highest BCUT2D eigenvalue weighted by atomic mass is 32.2. The van der Waals surface area contributed by atoms with Crippen molar-refractivity contribution < 1.29 is 22.1 Å². The molecule has 1 aliphatic rings. The number of benzene rings is 1. The van der Waals surface area contributed by atoms with Crippen molar-refractivity contribution in [2.45, 2.75) is 44.8 Å². The van der Waals surface area contributed by atoms with Crippen molar-refractivity contribution >= 4 is 24.2 Å². The van der Waals surface area contributed by atoms with E-state index in [2.05, 4.69) is 19.6 Å². The SMILES string of the molecule is CC1(C(=O)OCC[Si](C)(C)C)C=C(OS(=O)(=O)Cc2ccccc2)C1. The lowest BCUT2D eigenvalue weighted by Crippen LogP contribution is -2.36. The van der Waals surface area contributed by atoms with E-state index in [1.807, 2.05) is 6.07 Å². The number of ether oxygens (including phenoxy) is 1. The Morgan fingerprint density at radius 1 is 1.20 bits per heavy atom. The molecule has 2 rings (SSSR count). The average Bonchev–Trinajstić information content (AvgIpc) is 2.44. The summed E-state index contributed by atoms with van der Waals surface area (Å²) in [4.78, 5) is 12.2. The van der Waals surface area contributed by atoms with Gasteiger partial charge in [0.05, 0.1) is 12.0 Å². The number of esters is 1. The first-order chi connectivity index (χ1) is 11.5. The van der Waals surface area contributed by atoms with Crippen molar-refractivity contribution in [1.29, 1.82) is 0 Å². The van der Waals surface area contributed by atoms with Gasteiger partial charge in [0.1, 0.15) is 11.5 Å². The van der Waals surface area contributed by atoms with E-state index in [-0.39, 0.29) is 18.1 Å². The summed E-state index contributed by atoms with van der Waals surface area (Å²) in [6, 6.07) is 9.76. The van der Waals surface area contributed by atoms with Gasteiger partial charge in [0.2, 0.25) is 0 Å². The molecule has 1 atom stereocenters. The second kappa shape index (κ2) is 7.33. The predicted molar refractivity (Wildman–Crippen MR) is 100 cm³/mol. The molecule has 25 heavy (non-hydrogen) atoms. The Balaban J connectivity index is 1.88. The Kier molecular flexibility index (Phi) is 5.78. The molecule has 1 unspecified atom stereocenters. The summed E-state index contributed by atoms with van der Waals surface area (Å²) < 4.78 is 34.6. The molecule has 0 aliphatic heterocycles. The van der Waals surface area contributed by atoms with Crippen LogP contribution in [0.5, 0.6) is 0 Å². The van der Waals surface area contributed by atoms with Crippen LogP contribution < -0.4 is 0 Å². The first-order valence-electron chi connectivity index (χ1n) is 8.34. The second-order valence-corrected chi connectivity index (χ2v) is 15.1. The number of rotatable bonds is 8. The monoisotopic (exact) mass is 382 g/mol. The molecule has 0 bridgehead atoms. The molecule has 1 aromatic carbocycles. The molecule has 0 radical (unpaired) electrons. The lowest BCUT2D eigenvalue weighted by molar-refractivity contribution is -0.153. The highest BCUT2D eigenvalue weighted by molar-refractivity contribution is 7.86. The molecule has 0 aromatic heterocycles. The molecule has 7 heteroatoms. The van der Waals surface area contributed by atoms with E-state index in [4.69, 9.17) is 8.92 Å². The largest absolute Gasteiger partial charge is 0.465 e. The van der Waals surface area contributed by atoms with Crippen LogP contribution in [0.2, 0.25) is 25.7 Å². The molecule has 1 aromatic rings. The van der Waals surface area contributed by atoms with E-state index in [9.17, 15) is 13.2 Å². The number of carbonyl (C=O) groups is 1. The van der Waals surface area contributed by atoms with Crippen LogP contribution >= 0.6 is 0 Å². The van der Waals surface area contributed by atoms with Crippen LogP contribution in [0, 0.1) is 5.41 Å². The molecule has 0 saturated heterocycles. The zero-order valence-electron chi connectivity index (χ0n) is 15.2. The van der Waals surface area contributed by atoms with Gasteiger partial charge in [0.15, 0.2) is 0 Å². The van der Waals surface area contributed by atoms with Gasteiger partial charge in [-0.2, -0.15) is 8.42 Å². The summed E-state index contributed by atoms with van der Waals surface area (Å²) in [6.45, 7) is 8.81. The van der Waals surface area contributed by atoms with Gasteiger partial charge >= 0.3 is 16.1 Å². The standard InChI is InChI=1S/C18H26O5SSi/c1-18(17(19)22-10-11-25(2,3)4)12-16(13-18)23-24(20,21)14-15-8-6-5-7-9-15/h5-9,12H,10-11,13-14H2,1-4H3. The number of hydrogen-bond donors (Lipinski definition) is 0. The predicted octanol–water partition coefficient (Wildman–Crippen LogP) is 3.71. The van der Waals surface area contributed by atoms with Gasteiger partial charge in [-0.05, 0) is 24.6 Å². The van der Waals surface area contributed by atoms with Crippen LogP contribution in [-0.2, 0) is 29.6 Å². The summed E-state index contributed by atoms with van der Waals surface area (Å²) >= 11 is 0. The third-order valence-corrected chi connectivity index (χ3v) is 6.85. The first-order valence-corrected chi connectivity index (χ1v) is 13.6. The molecule has 5 nitrogen and oxygen atoms in total. The van der Waals surface area contributed by atoms with E-state index < -0.39 is 23.6 Å². The van der Waals surface area contributed by atoms with Crippen molar-refractivity contribution in [1.82, 2.24) is 0 Å². The van der Waals surface area contributed by atoms with Crippen LogP contribution in [0.3, 0.4) is 0 Å². The Morgan fingerprint density at radius 2 is 1.80 bits per heavy atom. The summed E-state index contributed by atoms with van der Waals surface area (Å²) in [5.41, 5.74) is -0.132. The van der Waals surface area contributed by atoms with E-state index in [0.29, 0.717) is 17.9 Å². The zero-order valence-corrected chi connectivity index (χ0v) is 17.1. The normalized spacial score (nSPS) is 20.4. The fraction of sp³-hybridized carbons (Fsp3) is 0.500. The van der Waals surface area contributed by atoms with E-state index >= 15 is 0 Å². The zero-order chi connectivity index (χ0) is 18.7. The maximum Gasteiger partial charge on any atom is 0.316 e. The van der Waals surface area contributed by atoms with Crippen molar-refractivity contribution in [2.75, 3.05) is 6.61 Å². The van der Waals surface area contributed by atoms with Crippen LogP contribution in [0.15, 0.2) is 42.2 Å². The van der Waals surface area contributed by atoms with Crippen molar-refractivity contribution in [3.63, 3.8) is 0 Å². The fourth-order valence-corrected chi connectivity index (χ4v) is 4.27. The third kappa shape index (κ3) is 6.00. The molecule has 0 amide bonds.